The van der Waals surface area contributed by atoms with E-state index in [0.29, 0.717) is 43.3 Å². The number of hydrogen-bond acceptors (Lipinski definition) is 26. The monoisotopic (exact) mass is 1340 g/mol. The van der Waals surface area contributed by atoms with Crippen LogP contribution in [-0.2, 0) is 50.6 Å². The lowest BCUT2D eigenvalue weighted by molar-refractivity contribution is 0.481. The Morgan fingerprint density at radius 3 is 1.35 bits per heavy atom. The van der Waals surface area contributed by atoms with E-state index in [2.05, 4.69) is 58.6 Å². The number of aromatic nitrogens is 2. The van der Waals surface area contributed by atoms with Gasteiger partial charge in [-0.3, -0.25) is 22.8 Å². The van der Waals surface area contributed by atoms with Crippen LogP contribution in [0.4, 0.5) is 68.2 Å². The molecule has 0 aliphatic carbocycles. The Balaban J connectivity index is 0.897. The first-order valence-electron chi connectivity index (χ1n) is 24.5. The maximum absolute atomic E-state index is 12.9. The molecule has 8 aromatic carbocycles. The third-order valence-corrected chi connectivity index (χ3v) is 20.7. The minimum absolute atomic E-state index is 0.0350. The molecule has 0 atom stereocenters. The summed E-state index contributed by atoms with van der Waals surface area (Å²) in [5.74, 6) is 0. The van der Waals surface area contributed by atoms with Gasteiger partial charge in [-0.2, -0.15) is 57.4 Å². The highest BCUT2D eigenvalue weighted by molar-refractivity contribution is 7.87. The van der Waals surface area contributed by atoms with Crippen molar-refractivity contribution >= 4 is 175 Å². The van der Waals surface area contributed by atoms with Crippen molar-refractivity contribution < 1.29 is 64.9 Å². The number of nitrogens with two attached hydrogens (primary N) is 4. The summed E-state index contributed by atoms with van der Waals surface area (Å²) < 4.78 is 176. The summed E-state index contributed by atoms with van der Waals surface area (Å²) in [4.78, 5) is 6.16. The van der Waals surface area contributed by atoms with Gasteiger partial charge in [0.15, 0.2) is 0 Å². The number of thiol groups is 1. The molecule has 0 unspecified atom stereocenters. The van der Waals surface area contributed by atoms with E-state index >= 15 is 0 Å². The lowest BCUT2D eigenvalue weighted by Crippen LogP contribution is -2.08. The fraction of sp³-hybridized carbons (Fsp3) is 0.0385. The van der Waals surface area contributed by atoms with Gasteiger partial charge >= 0.3 is 0 Å². The summed E-state index contributed by atoms with van der Waals surface area (Å²) in [5, 5.41) is 28.2. The molecule has 88 heavy (non-hydrogen) atoms. The predicted molar refractivity (Wildman–Crippen MR) is 334 cm³/mol. The number of fused-ring (bicyclic) bond motifs is 2. The first kappa shape index (κ1) is 62.3. The second-order valence-corrected chi connectivity index (χ2v) is 28.3. The van der Waals surface area contributed by atoms with E-state index in [4.69, 9.17) is 22.9 Å². The number of benzene rings is 8. The van der Waals surface area contributed by atoms with Crippen LogP contribution in [0.2, 0.25) is 0 Å². The molecule has 0 radical (unpaired) electrons. The molecular weight excluding hydrogens is 1300 g/mol. The molecule has 0 amide bonds. The first-order chi connectivity index (χ1) is 41.1. The van der Waals surface area contributed by atoms with Crippen molar-refractivity contribution in [3.63, 3.8) is 0 Å². The maximum Gasteiger partial charge on any atom is 0.296 e. The van der Waals surface area contributed by atoms with Crippen molar-refractivity contribution in [2.75, 3.05) is 28.3 Å². The summed E-state index contributed by atoms with van der Waals surface area (Å²) in [6.45, 7) is 3.07. The highest BCUT2D eigenvalue weighted by Crippen LogP contribution is 2.46. The van der Waals surface area contributed by atoms with Crippen LogP contribution in [-0.4, -0.2) is 74.8 Å². The summed E-state index contributed by atoms with van der Waals surface area (Å²) >= 11 is 6.58. The van der Waals surface area contributed by atoms with E-state index < -0.39 is 82.3 Å². The average molecular weight is 1340 g/mol. The fourth-order valence-electron chi connectivity index (χ4n) is 8.86. The average Bonchev–Trinajstić information content (AvgIpc) is 1.72. The second-order valence-electron chi connectivity index (χ2n) is 18.9. The number of thiazole rings is 2. The number of nitrogens with zero attached hydrogens (tertiary/aromatic N) is 8. The van der Waals surface area contributed by atoms with E-state index in [-0.39, 0.29) is 86.4 Å². The quantitative estimate of drug-likeness (QED) is 0.0185. The molecule has 0 aliphatic rings. The van der Waals surface area contributed by atoms with Gasteiger partial charge in [0.05, 0.1) is 65.9 Å². The van der Waals surface area contributed by atoms with Gasteiger partial charge in [-0.1, -0.05) is 24.3 Å². The van der Waals surface area contributed by atoms with Crippen LogP contribution in [0.1, 0.15) is 11.1 Å². The molecule has 0 saturated heterocycles. The van der Waals surface area contributed by atoms with Crippen molar-refractivity contribution in [1.82, 2.24) is 9.97 Å². The molecule has 2 aromatic heterocycles. The standard InChI is InChI=1S/C52H41N13O15S8/c1-23-3-17-33-47(49(23)87(75,76)77)82-51(58-33)25-5-9-27(10-6-25)57-45-41(53)35(21-39(43(45)55)85(69,70)71)63-62-30-14-16-32(38(20-30)84(66,67)68)31-15-13-29(19-37(31)81)61-64-36-22-40(86(72,73)74)44(56)46(42(36)54)65-60-28-11-7-26(8-12-28)52-59-34-18-4-24(2)50(48(34)83-52)88(78,79)80/h3-22,57,81H,53-56H2,1-2H3,(H,66,67,68)(H,69,70,71)(H,72,73,74)(H,75,76,77)(H,78,79,80). The van der Waals surface area contributed by atoms with Crippen LogP contribution >= 0.6 is 35.3 Å². The molecule has 28 nitrogen and oxygen atoms in total. The van der Waals surface area contributed by atoms with Gasteiger partial charge in [0.1, 0.15) is 51.6 Å². The SMILES string of the molecule is Cc1ccc2nc(-c3ccc(N=Nc4c(N)c(N=Nc5ccc(-c6ccc(N=Nc7cc(S(=O)(=O)O)c(N)c(Nc8ccc(-c9nc%10ccc(C)c(S(=O)(=O)O)c%10s9)cc8)c7N)cc6S(=O)(=O)O)c(S)c5)cc(S(=O)(=O)O)c4N)cc3)sc2c1S(=O)(=O)O. The first-order valence-corrected chi connectivity index (χ1v) is 33.8. The minimum atomic E-state index is -5.07. The Morgan fingerprint density at radius 1 is 0.443 bits per heavy atom. The predicted octanol–water partition coefficient (Wildman–Crippen LogP) is 12.4. The third kappa shape index (κ3) is 12.7. The Hall–Kier alpha value is -8.76. The Labute approximate surface area is 512 Å². The molecular formula is C52H41N13O15S8. The molecule has 36 heteroatoms. The smallest absolute Gasteiger partial charge is 0.296 e. The molecule has 10 aromatic rings. The highest BCUT2D eigenvalue weighted by Gasteiger charge is 2.27. The molecule has 0 spiro atoms. The molecule has 0 aliphatic heterocycles. The minimum Gasteiger partial charge on any atom is -0.396 e. The number of nitrogen functional groups attached to an aromatic ring is 4. The molecule has 0 fully saturated rings. The molecule has 2 heterocycles. The summed E-state index contributed by atoms with van der Waals surface area (Å²) in [6, 6.07) is 27.9. The van der Waals surface area contributed by atoms with E-state index in [1.165, 1.54) is 73.7 Å². The zero-order chi connectivity index (χ0) is 63.7. The second kappa shape index (κ2) is 23.1. The van der Waals surface area contributed by atoms with Crippen molar-refractivity contribution in [2.45, 2.75) is 43.2 Å². The summed E-state index contributed by atoms with van der Waals surface area (Å²) in [5.41, 5.74) is 24.8. The summed E-state index contributed by atoms with van der Waals surface area (Å²) in [6.07, 6.45) is 0. The summed E-state index contributed by atoms with van der Waals surface area (Å²) in [7, 11) is -24.3. The van der Waals surface area contributed by atoms with Gasteiger partial charge in [-0.15, -0.1) is 50.6 Å². The Morgan fingerprint density at radius 2 is 0.875 bits per heavy atom. The fourth-order valence-corrected chi connectivity index (χ4v) is 15.8. The molecule has 10 rings (SSSR count). The van der Waals surface area contributed by atoms with Crippen LogP contribution < -0.4 is 28.3 Å². The molecule has 14 N–H and O–H groups in total. The van der Waals surface area contributed by atoms with E-state index in [9.17, 15) is 64.9 Å². The van der Waals surface area contributed by atoms with Crippen molar-refractivity contribution in [3.05, 3.63) is 132 Å². The van der Waals surface area contributed by atoms with Gasteiger partial charge < -0.3 is 28.3 Å². The van der Waals surface area contributed by atoms with Crippen LogP contribution in [0, 0.1) is 13.8 Å². The van der Waals surface area contributed by atoms with E-state index in [0.717, 1.165) is 40.9 Å². The van der Waals surface area contributed by atoms with Crippen molar-refractivity contribution in [1.29, 1.82) is 0 Å². The topological polar surface area (TPSA) is 488 Å². The van der Waals surface area contributed by atoms with Crippen molar-refractivity contribution in [3.8, 4) is 32.3 Å². The number of aryl methyl sites for hydroxylation is 2. The molecule has 0 saturated carbocycles. The molecule has 452 valence electrons. The zero-order valence-electron chi connectivity index (χ0n) is 44.6. The maximum atomic E-state index is 12.9. The number of rotatable bonds is 16. The van der Waals surface area contributed by atoms with Gasteiger partial charge in [-0.25, -0.2) is 9.97 Å². The van der Waals surface area contributed by atoms with Crippen LogP contribution in [0.5, 0.6) is 0 Å². The Bertz CT molecular complexity index is 5300. The number of azo groups is 3. The highest BCUT2D eigenvalue weighted by atomic mass is 32.2. The number of anilines is 6. The zero-order valence-corrected chi connectivity index (χ0v) is 51.2. The van der Waals surface area contributed by atoms with Gasteiger partial charge in [0.2, 0.25) is 0 Å². The largest absolute Gasteiger partial charge is 0.396 e. The van der Waals surface area contributed by atoms with Crippen LogP contribution in [0.3, 0.4) is 0 Å². The normalized spacial score (nSPS) is 12.8. The third-order valence-electron chi connectivity index (χ3n) is 13.0. The Kier molecular flexibility index (Phi) is 16.3. The van der Waals surface area contributed by atoms with Crippen LogP contribution in [0.25, 0.3) is 52.7 Å². The van der Waals surface area contributed by atoms with E-state index in [1.54, 1.807) is 43.3 Å². The van der Waals surface area contributed by atoms with Gasteiger partial charge in [-0.05, 0) is 128 Å². The lowest BCUT2D eigenvalue weighted by Gasteiger charge is -2.16. The van der Waals surface area contributed by atoms with E-state index in [1.807, 2.05) is 0 Å². The lowest BCUT2D eigenvalue weighted by atomic mass is 10.0. The van der Waals surface area contributed by atoms with Gasteiger partial charge in [0.25, 0.3) is 50.6 Å². The van der Waals surface area contributed by atoms with Crippen molar-refractivity contribution in [2.24, 2.45) is 30.7 Å². The molecule has 0 bridgehead atoms. The number of hydrogen-bond donors (Lipinski definition) is 11. The number of nitrogens with one attached hydrogen (secondary N) is 1. The van der Waals surface area contributed by atoms with Gasteiger partial charge in [0, 0.05) is 27.3 Å². The van der Waals surface area contributed by atoms with Crippen LogP contribution in [0.15, 0.2) is 181 Å².